The Morgan fingerprint density at radius 1 is 1.16 bits per heavy atom. The Bertz CT molecular complexity index is 376. The SMILES string of the molecule is CNC(COCC1CCCC1)c1cc(C)cc(C)c1. The van der Waals surface area contributed by atoms with Crippen LogP contribution in [0.15, 0.2) is 18.2 Å². The van der Waals surface area contributed by atoms with Gasteiger partial charge in [0.2, 0.25) is 0 Å². The Morgan fingerprint density at radius 3 is 2.37 bits per heavy atom. The smallest absolute Gasteiger partial charge is 0.0661 e. The minimum Gasteiger partial charge on any atom is -0.379 e. The molecule has 1 unspecified atom stereocenters. The summed E-state index contributed by atoms with van der Waals surface area (Å²) >= 11 is 0. The molecule has 1 atom stereocenters. The lowest BCUT2D eigenvalue weighted by atomic mass is 10.0. The van der Waals surface area contributed by atoms with Crippen molar-refractivity contribution in [2.75, 3.05) is 20.3 Å². The van der Waals surface area contributed by atoms with Crippen molar-refractivity contribution < 1.29 is 4.74 Å². The lowest BCUT2D eigenvalue weighted by molar-refractivity contribution is 0.0844. The molecule has 2 nitrogen and oxygen atoms in total. The highest BCUT2D eigenvalue weighted by atomic mass is 16.5. The quantitative estimate of drug-likeness (QED) is 0.841. The average Bonchev–Trinajstić information content (AvgIpc) is 2.86. The molecule has 0 aromatic heterocycles. The van der Waals surface area contributed by atoms with Crippen LogP contribution in [0.25, 0.3) is 0 Å². The van der Waals surface area contributed by atoms with Crippen LogP contribution in [0.2, 0.25) is 0 Å². The molecule has 1 N–H and O–H groups in total. The van der Waals surface area contributed by atoms with Crippen LogP contribution < -0.4 is 5.32 Å². The normalized spacial score (nSPS) is 17.8. The molecule has 0 bridgehead atoms. The van der Waals surface area contributed by atoms with Gasteiger partial charge in [-0.2, -0.15) is 0 Å². The third-order valence-electron chi connectivity index (χ3n) is 4.11. The van der Waals surface area contributed by atoms with Crippen molar-refractivity contribution in [3.8, 4) is 0 Å². The lowest BCUT2D eigenvalue weighted by Crippen LogP contribution is -2.23. The molecule has 1 aliphatic carbocycles. The van der Waals surface area contributed by atoms with Crippen molar-refractivity contribution in [3.05, 3.63) is 34.9 Å². The van der Waals surface area contributed by atoms with Gasteiger partial charge in [0, 0.05) is 6.61 Å². The van der Waals surface area contributed by atoms with Crippen LogP contribution in [0.3, 0.4) is 0 Å². The van der Waals surface area contributed by atoms with Gasteiger partial charge < -0.3 is 10.1 Å². The second kappa shape index (κ2) is 7.06. The van der Waals surface area contributed by atoms with Gasteiger partial charge in [0.25, 0.3) is 0 Å². The number of benzene rings is 1. The Kier molecular flexibility index (Phi) is 5.41. The molecule has 0 amide bonds. The molecule has 0 radical (unpaired) electrons. The lowest BCUT2D eigenvalue weighted by Gasteiger charge is -2.19. The van der Waals surface area contributed by atoms with E-state index in [0.717, 1.165) is 19.1 Å². The maximum absolute atomic E-state index is 5.94. The highest BCUT2D eigenvalue weighted by Crippen LogP contribution is 2.25. The zero-order valence-electron chi connectivity index (χ0n) is 12.5. The summed E-state index contributed by atoms with van der Waals surface area (Å²) in [5.74, 6) is 0.803. The number of hydrogen-bond donors (Lipinski definition) is 1. The fourth-order valence-electron chi connectivity index (χ4n) is 3.09. The molecule has 2 rings (SSSR count). The molecule has 0 heterocycles. The van der Waals surface area contributed by atoms with Crippen LogP contribution in [-0.2, 0) is 4.74 Å². The van der Waals surface area contributed by atoms with E-state index < -0.39 is 0 Å². The molecular weight excluding hydrogens is 234 g/mol. The van der Waals surface area contributed by atoms with Crippen LogP contribution in [0.4, 0.5) is 0 Å². The molecule has 0 aliphatic heterocycles. The molecular formula is C17H27NO. The third-order valence-corrected chi connectivity index (χ3v) is 4.11. The number of nitrogens with one attached hydrogen (secondary N) is 1. The Balaban J connectivity index is 1.87. The van der Waals surface area contributed by atoms with Crippen molar-refractivity contribution in [1.29, 1.82) is 0 Å². The van der Waals surface area contributed by atoms with Gasteiger partial charge in [-0.15, -0.1) is 0 Å². The first kappa shape index (κ1) is 14.5. The zero-order chi connectivity index (χ0) is 13.7. The molecule has 1 fully saturated rings. The van der Waals surface area contributed by atoms with Crippen molar-refractivity contribution in [1.82, 2.24) is 5.32 Å². The van der Waals surface area contributed by atoms with Gasteiger partial charge in [-0.25, -0.2) is 0 Å². The molecule has 1 saturated carbocycles. The molecule has 106 valence electrons. The molecule has 0 spiro atoms. The summed E-state index contributed by atoms with van der Waals surface area (Å²) in [7, 11) is 2.02. The van der Waals surface area contributed by atoms with Crippen LogP contribution >= 0.6 is 0 Å². The van der Waals surface area contributed by atoms with E-state index in [-0.39, 0.29) is 0 Å². The summed E-state index contributed by atoms with van der Waals surface area (Å²) in [4.78, 5) is 0. The second-order valence-electron chi connectivity index (χ2n) is 5.95. The van der Waals surface area contributed by atoms with Gasteiger partial charge in [-0.3, -0.25) is 0 Å². The third kappa shape index (κ3) is 4.32. The maximum atomic E-state index is 5.94. The standard InChI is InChI=1S/C17H27NO/c1-13-8-14(2)10-16(9-13)17(18-3)12-19-11-15-6-4-5-7-15/h8-10,15,17-18H,4-7,11-12H2,1-3H3. The summed E-state index contributed by atoms with van der Waals surface area (Å²) in [6, 6.07) is 7.04. The van der Waals surface area contributed by atoms with E-state index in [1.807, 2.05) is 7.05 Å². The largest absolute Gasteiger partial charge is 0.379 e. The highest BCUT2D eigenvalue weighted by Gasteiger charge is 2.16. The number of rotatable bonds is 6. The summed E-state index contributed by atoms with van der Waals surface area (Å²) < 4.78 is 5.94. The zero-order valence-corrected chi connectivity index (χ0v) is 12.5. The van der Waals surface area contributed by atoms with E-state index in [9.17, 15) is 0 Å². The number of hydrogen-bond acceptors (Lipinski definition) is 2. The van der Waals surface area contributed by atoms with E-state index >= 15 is 0 Å². The maximum Gasteiger partial charge on any atom is 0.0661 e. The Morgan fingerprint density at radius 2 is 1.79 bits per heavy atom. The van der Waals surface area contributed by atoms with Crippen LogP contribution in [0, 0.1) is 19.8 Å². The van der Waals surface area contributed by atoms with Crippen LogP contribution in [0.5, 0.6) is 0 Å². The molecule has 1 aromatic carbocycles. The Labute approximate surface area is 117 Å². The minimum absolute atomic E-state index is 0.306. The summed E-state index contributed by atoms with van der Waals surface area (Å²) in [5, 5.41) is 3.37. The van der Waals surface area contributed by atoms with Gasteiger partial charge in [0.1, 0.15) is 0 Å². The van der Waals surface area contributed by atoms with Gasteiger partial charge in [-0.05, 0) is 45.2 Å². The second-order valence-corrected chi connectivity index (χ2v) is 5.95. The monoisotopic (exact) mass is 261 g/mol. The van der Waals surface area contributed by atoms with Gasteiger partial charge in [0.05, 0.1) is 12.6 Å². The van der Waals surface area contributed by atoms with Gasteiger partial charge in [0.15, 0.2) is 0 Å². The topological polar surface area (TPSA) is 21.3 Å². The van der Waals surface area contributed by atoms with Crippen molar-refractivity contribution in [2.45, 2.75) is 45.6 Å². The first-order chi connectivity index (χ1) is 9.19. The van der Waals surface area contributed by atoms with E-state index in [4.69, 9.17) is 4.74 Å². The first-order valence-corrected chi connectivity index (χ1v) is 7.52. The van der Waals surface area contributed by atoms with E-state index in [1.165, 1.54) is 42.4 Å². The van der Waals surface area contributed by atoms with Gasteiger partial charge in [-0.1, -0.05) is 42.2 Å². The van der Waals surface area contributed by atoms with E-state index in [1.54, 1.807) is 0 Å². The average molecular weight is 261 g/mol. The minimum atomic E-state index is 0.306. The Hall–Kier alpha value is -0.860. The fourth-order valence-corrected chi connectivity index (χ4v) is 3.09. The van der Waals surface area contributed by atoms with Crippen LogP contribution in [0.1, 0.15) is 48.4 Å². The summed E-state index contributed by atoms with van der Waals surface area (Å²) in [6.45, 7) is 6.02. The molecule has 19 heavy (non-hydrogen) atoms. The molecule has 1 aromatic rings. The first-order valence-electron chi connectivity index (χ1n) is 7.52. The predicted octanol–water partition coefficient (Wildman–Crippen LogP) is 3.77. The number of ether oxygens (including phenoxy) is 1. The van der Waals surface area contributed by atoms with Gasteiger partial charge >= 0.3 is 0 Å². The summed E-state index contributed by atoms with van der Waals surface area (Å²) in [5.41, 5.74) is 3.99. The van der Waals surface area contributed by atoms with Crippen molar-refractivity contribution >= 4 is 0 Å². The van der Waals surface area contributed by atoms with E-state index in [0.29, 0.717) is 6.04 Å². The highest BCUT2D eigenvalue weighted by molar-refractivity contribution is 5.30. The summed E-state index contributed by atoms with van der Waals surface area (Å²) in [6.07, 6.45) is 5.49. The number of aryl methyl sites for hydroxylation is 2. The fraction of sp³-hybridized carbons (Fsp3) is 0.647. The van der Waals surface area contributed by atoms with Crippen LogP contribution in [-0.4, -0.2) is 20.3 Å². The molecule has 1 aliphatic rings. The van der Waals surface area contributed by atoms with Crippen molar-refractivity contribution in [3.63, 3.8) is 0 Å². The molecule has 0 saturated heterocycles. The predicted molar refractivity (Wildman–Crippen MR) is 80.5 cm³/mol. The van der Waals surface area contributed by atoms with Crippen molar-refractivity contribution in [2.24, 2.45) is 5.92 Å². The van der Waals surface area contributed by atoms with E-state index in [2.05, 4.69) is 37.4 Å². The molecule has 2 heteroatoms. The number of likely N-dealkylation sites (N-methyl/N-ethyl adjacent to an activating group) is 1.